The van der Waals surface area contributed by atoms with Crippen molar-refractivity contribution in [2.24, 2.45) is 0 Å². The van der Waals surface area contributed by atoms with Crippen LogP contribution in [-0.4, -0.2) is 60.5 Å². The number of benzene rings is 2. The third-order valence-corrected chi connectivity index (χ3v) is 5.44. The summed E-state index contributed by atoms with van der Waals surface area (Å²) in [6.07, 6.45) is 2.84. The predicted molar refractivity (Wildman–Crippen MR) is 117 cm³/mol. The van der Waals surface area contributed by atoms with Gasteiger partial charge in [-0.05, 0) is 49.9 Å². The lowest BCUT2D eigenvalue weighted by Gasteiger charge is -2.32. The van der Waals surface area contributed by atoms with Gasteiger partial charge in [-0.1, -0.05) is 17.7 Å². The molecule has 0 aromatic heterocycles. The number of allylic oxidation sites excluding steroid dienone is 1. The van der Waals surface area contributed by atoms with Gasteiger partial charge >= 0.3 is 0 Å². The Morgan fingerprint density at radius 3 is 2.63 bits per heavy atom. The normalized spacial score (nSPS) is 15.6. The maximum absolute atomic E-state index is 13.2. The minimum absolute atomic E-state index is 0.138. The van der Waals surface area contributed by atoms with Gasteiger partial charge in [-0.2, -0.15) is 0 Å². The van der Waals surface area contributed by atoms with Gasteiger partial charge in [-0.3, -0.25) is 9.69 Å². The summed E-state index contributed by atoms with van der Waals surface area (Å²) in [7, 11) is 2.10. The molecule has 2 aromatic carbocycles. The maximum atomic E-state index is 13.2. The largest absolute Gasteiger partial charge is 0.507 e. The van der Waals surface area contributed by atoms with Crippen LogP contribution < -0.4 is 4.74 Å². The molecule has 0 bridgehead atoms. The number of halogens is 2. The second-order valence-electron chi connectivity index (χ2n) is 7.35. The Morgan fingerprint density at radius 1 is 1.23 bits per heavy atom. The Hall–Kier alpha value is -2.41. The third kappa shape index (κ3) is 5.59. The van der Waals surface area contributed by atoms with E-state index < -0.39 is 5.82 Å². The van der Waals surface area contributed by atoms with Gasteiger partial charge in [0.1, 0.15) is 17.3 Å². The number of ether oxygens (including phenoxy) is 1. The Kier molecular flexibility index (Phi) is 7.48. The van der Waals surface area contributed by atoms with E-state index in [0.29, 0.717) is 24.5 Å². The summed E-state index contributed by atoms with van der Waals surface area (Å²) < 4.78 is 18.9. The highest BCUT2D eigenvalue weighted by Gasteiger charge is 2.19. The first-order chi connectivity index (χ1) is 14.4. The highest BCUT2D eigenvalue weighted by Crippen LogP contribution is 2.31. The zero-order valence-electron chi connectivity index (χ0n) is 17.2. The average molecular weight is 433 g/mol. The van der Waals surface area contributed by atoms with Crippen molar-refractivity contribution in [3.63, 3.8) is 0 Å². The quantitative estimate of drug-likeness (QED) is 0.524. The number of carbonyl (C=O) groups is 1. The van der Waals surface area contributed by atoms with Crippen LogP contribution in [0.5, 0.6) is 11.5 Å². The minimum atomic E-state index is -0.443. The second kappa shape index (κ2) is 10.1. The van der Waals surface area contributed by atoms with Crippen molar-refractivity contribution in [3.05, 3.63) is 63.9 Å². The zero-order valence-corrected chi connectivity index (χ0v) is 18.0. The number of phenolic OH excluding ortho intramolecular Hbond substituents is 1. The van der Waals surface area contributed by atoms with Crippen molar-refractivity contribution in [2.75, 3.05) is 39.8 Å². The molecule has 0 aliphatic carbocycles. The van der Waals surface area contributed by atoms with Crippen LogP contribution in [0.1, 0.15) is 28.4 Å². The van der Waals surface area contributed by atoms with Crippen molar-refractivity contribution >= 4 is 23.5 Å². The van der Waals surface area contributed by atoms with E-state index in [1.54, 1.807) is 6.07 Å². The Balaban J connectivity index is 1.84. The predicted octanol–water partition coefficient (Wildman–Crippen LogP) is 4.23. The van der Waals surface area contributed by atoms with E-state index in [1.807, 2.05) is 6.92 Å². The van der Waals surface area contributed by atoms with Crippen LogP contribution in [0.2, 0.25) is 5.02 Å². The topological polar surface area (TPSA) is 53.0 Å². The molecule has 0 unspecified atom stereocenters. The number of aromatic hydroxyl groups is 1. The molecule has 0 atom stereocenters. The smallest absolute Gasteiger partial charge is 0.189 e. The molecule has 0 radical (unpaired) electrons. The van der Waals surface area contributed by atoms with E-state index in [2.05, 4.69) is 16.8 Å². The average Bonchev–Trinajstić information content (AvgIpc) is 2.71. The molecule has 160 valence electrons. The van der Waals surface area contributed by atoms with E-state index >= 15 is 0 Å². The number of hydrogen-bond acceptors (Lipinski definition) is 5. The molecule has 1 fully saturated rings. The zero-order chi connectivity index (χ0) is 21.7. The lowest BCUT2D eigenvalue weighted by atomic mass is 10.0. The summed E-state index contributed by atoms with van der Waals surface area (Å²) in [4.78, 5) is 17.3. The number of carbonyl (C=O) groups excluding carboxylic acids is 1. The summed E-state index contributed by atoms with van der Waals surface area (Å²) in [5, 5.41) is 10.6. The fourth-order valence-electron chi connectivity index (χ4n) is 3.36. The fourth-order valence-corrected chi connectivity index (χ4v) is 3.59. The Bertz CT molecular complexity index is 940. The molecule has 30 heavy (non-hydrogen) atoms. The number of rotatable bonds is 7. The first-order valence-electron chi connectivity index (χ1n) is 9.94. The van der Waals surface area contributed by atoms with Crippen LogP contribution in [0.15, 0.2) is 36.4 Å². The molecule has 0 spiro atoms. The summed E-state index contributed by atoms with van der Waals surface area (Å²) in [6, 6.07) is 7.16. The van der Waals surface area contributed by atoms with Gasteiger partial charge in [0.05, 0.1) is 17.2 Å². The van der Waals surface area contributed by atoms with Crippen LogP contribution in [0.3, 0.4) is 0 Å². The second-order valence-corrected chi connectivity index (χ2v) is 7.76. The van der Waals surface area contributed by atoms with Crippen molar-refractivity contribution in [1.29, 1.82) is 0 Å². The fraction of sp³-hybridized carbons (Fsp3) is 0.348. The standard InChI is InChI=1S/C23H26ClFN2O3/c1-3-30-23-14-22(29)19(12-17(23)15-27-10-8-26(2)9-11-27)21(28)7-5-16-4-6-18(25)13-20(16)24/h4-7,12-14,29H,3,8-11,15H2,1-2H3/b7-5+. The summed E-state index contributed by atoms with van der Waals surface area (Å²) in [6.45, 7) is 6.79. The van der Waals surface area contributed by atoms with Crippen LogP contribution in [0.4, 0.5) is 4.39 Å². The van der Waals surface area contributed by atoms with Gasteiger partial charge in [-0.25, -0.2) is 4.39 Å². The molecule has 3 rings (SSSR count). The van der Waals surface area contributed by atoms with Crippen LogP contribution in [0.25, 0.3) is 6.08 Å². The number of likely N-dealkylation sites (N-methyl/N-ethyl adjacent to an activating group) is 1. The van der Waals surface area contributed by atoms with E-state index in [-0.39, 0.29) is 22.1 Å². The molecule has 1 aliphatic heterocycles. The maximum Gasteiger partial charge on any atom is 0.189 e. The van der Waals surface area contributed by atoms with E-state index in [0.717, 1.165) is 31.7 Å². The van der Waals surface area contributed by atoms with Gasteiger partial charge < -0.3 is 14.7 Å². The first-order valence-corrected chi connectivity index (χ1v) is 10.3. The summed E-state index contributed by atoms with van der Waals surface area (Å²) >= 11 is 6.01. The number of hydrogen-bond donors (Lipinski definition) is 1. The number of phenols is 1. The monoisotopic (exact) mass is 432 g/mol. The lowest BCUT2D eigenvalue weighted by Crippen LogP contribution is -2.43. The molecule has 1 saturated heterocycles. The van der Waals surface area contributed by atoms with Crippen LogP contribution >= 0.6 is 11.6 Å². The first kappa shape index (κ1) is 22.3. The lowest BCUT2D eigenvalue weighted by molar-refractivity contribution is 0.104. The van der Waals surface area contributed by atoms with Crippen LogP contribution in [-0.2, 0) is 6.54 Å². The number of piperazine rings is 1. The SMILES string of the molecule is CCOc1cc(O)c(C(=O)/C=C/c2ccc(F)cc2Cl)cc1CN1CCN(C)CC1. The number of nitrogens with zero attached hydrogens (tertiary/aromatic N) is 2. The molecule has 1 N–H and O–H groups in total. The molecular formula is C23H26ClFN2O3. The summed E-state index contributed by atoms with van der Waals surface area (Å²) in [5.74, 6) is -0.367. The molecule has 5 nitrogen and oxygen atoms in total. The van der Waals surface area contributed by atoms with Crippen LogP contribution in [0, 0.1) is 5.82 Å². The van der Waals surface area contributed by atoms with Crippen molar-refractivity contribution in [3.8, 4) is 11.5 Å². The molecule has 0 saturated carbocycles. The minimum Gasteiger partial charge on any atom is -0.507 e. The van der Waals surface area contributed by atoms with Gasteiger partial charge in [0.25, 0.3) is 0 Å². The highest BCUT2D eigenvalue weighted by atomic mass is 35.5. The van der Waals surface area contributed by atoms with E-state index in [1.165, 1.54) is 36.4 Å². The van der Waals surface area contributed by atoms with E-state index in [9.17, 15) is 14.3 Å². The van der Waals surface area contributed by atoms with Gasteiger partial charge in [0, 0.05) is 44.4 Å². The molecule has 0 amide bonds. The van der Waals surface area contributed by atoms with Crippen molar-refractivity contribution < 1.29 is 19.0 Å². The molecule has 7 heteroatoms. The molecular weight excluding hydrogens is 407 g/mol. The third-order valence-electron chi connectivity index (χ3n) is 5.11. The Labute approximate surface area is 181 Å². The van der Waals surface area contributed by atoms with Gasteiger partial charge in [0.15, 0.2) is 5.78 Å². The van der Waals surface area contributed by atoms with E-state index in [4.69, 9.17) is 16.3 Å². The number of ketones is 1. The summed E-state index contributed by atoms with van der Waals surface area (Å²) in [5.41, 5.74) is 1.57. The Morgan fingerprint density at radius 2 is 1.97 bits per heavy atom. The van der Waals surface area contributed by atoms with Gasteiger partial charge in [0.2, 0.25) is 0 Å². The van der Waals surface area contributed by atoms with Gasteiger partial charge in [-0.15, -0.1) is 0 Å². The molecule has 1 heterocycles. The molecule has 1 aliphatic rings. The van der Waals surface area contributed by atoms with Crippen molar-refractivity contribution in [2.45, 2.75) is 13.5 Å². The molecule has 2 aromatic rings. The van der Waals surface area contributed by atoms with Crippen molar-refractivity contribution in [1.82, 2.24) is 9.80 Å². The highest BCUT2D eigenvalue weighted by molar-refractivity contribution is 6.32.